The highest BCUT2D eigenvalue weighted by atomic mass is 32.2. The zero-order valence-corrected chi connectivity index (χ0v) is 12.1. The van der Waals surface area contributed by atoms with Crippen LogP contribution in [0, 0.1) is 0 Å². The Bertz CT molecular complexity index is 240. The maximum absolute atomic E-state index is 10.8. The Balaban J connectivity index is 3.05. The molecule has 0 heterocycles. The predicted molar refractivity (Wildman–Crippen MR) is 74.0 cm³/mol. The van der Waals surface area contributed by atoms with Crippen LogP contribution in [0.1, 0.15) is 32.1 Å². The van der Waals surface area contributed by atoms with Gasteiger partial charge in [-0.1, -0.05) is 12.8 Å². The van der Waals surface area contributed by atoms with Gasteiger partial charge < -0.3 is 5.32 Å². The zero-order valence-electron chi connectivity index (χ0n) is 10.5. The van der Waals surface area contributed by atoms with Gasteiger partial charge in [0, 0.05) is 6.26 Å². The number of nitrogens with one attached hydrogen (secondary N) is 1. The van der Waals surface area contributed by atoms with Crippen molar-refractivity contribution >= 4 is 21.6 Å². The Morgan fingerprint density at radius 1 is 1.00 bits per heavy atom. The van der Waals surface area contributed by atoms with Gasteiger partial charge in [0.2, 0.25) is 0 Å². The van der Waals surface area contributed by atoms with Gasteiger partial charge >= 0.3 is 0 Å². The molecular weight excluding hydrogens is 242 g/mol. The summed E-state index contributed by atoms with van der Waals surface area (Å²) in [6, 6.07) is 0. The van der Waals surface area contributed by atoms with Crippen LogP contribution in [0.25, 0.3) is 0 Å². The van der Waals surface area contributed by atoms with Crippen LogP contribution in [-0.4, -0.2) is 45.5 Å². The van der Waals surface area contributed by atoms with Crippen molar-refractivity contribution in [2.45, 2.75) is 32.1 Å². The fourth-order valence-corrected chi connectivity index (χ4v) is 2.60. The maximum atomic E-state index is 10.8. The molecule has 0 atom stereocenters. The Morgan fingerprint density at radius 2 is 1.62 bits per heavy atom. The monoisotopic (exact) mass is 267 g/mol. The van der Waals surface area contributed by atoms with E-state index in [2.05, 4.69) is 11.6 Å². The Labute approximate surface area is 105 Å². The van der Waals surface area contributed by atoms with E-state index in [0.29, 0.717) is 5.75 Å². The molecule has 1 N–H and O–H groups in total. The molecule has 0 saturated carbocycles. The Hall–Kier alpha value is 0.260. The molecule has 98 valence electrons. The molecule has 0 radical (unpaired) electrons. The first-order chi connectivity index (χ1) is 7.56. The van der Waals surface area contributed by atoms with Crippen LogP contribution >= 0.6 is 11.8 Å². The molecule has 0 fully saturated rings. The number of hydrogen-bond donors (Lipinski definition) is 1. The third-order valence-electron chi connectivity index (χ3n) is 2.32. The van der Waals surface area contributed by atoms with Gasteiger partial charge in [-0.3, -0.25) is 0 Å². The summed E-state index contributed by atoms with van der Waals surface area (Å²) in [4.78, 5) is 0. The first-order valence-corrected chi connectivity index (χ1v) is 9.39. The van der Waals surface area contributed by atoms with Crippen LogP contribution in [0.5, 0.6) is 0 Å². The second-order valence-electron chi connectivity index (χ2n) is 4.14. The van der Waals surface area contributed by atoms with Crippen molar-refractivity contribution in [3.05, 3.63) is 0 Å². The zero-order chi connectivity index (χ0) is 12.3. The van der Waals surface area contributed by atoms with Crippen LogP contribution in [0.4, 0.5) is 0 Å². The molecular formula is C11H25NO2S2. The fraction of sp³-hybridized carbons (Fsp3) is 1.00. The predicted octanol–water partition coefficient (Wildman–Crippen LogP) is 1.93. The van der Waals surface area contributed by atoms with Gasteiger partial charge in [0.05, 0.1) is 5.75 Å². The first kappa shape index (κ1) is 16.3. The molecule has 5 heteroatoms. The molecule has 0 amide bonds. The summed E-state index contributed by atoms with van der Waals surface area (Å²) in [7, 11) is -2.77. The van der Waals surface area contributed by atoms with E-state index in [9.17, 15) is 8.42 Å². The van der Waals surface area contributed by atoms with Crippen LogP contribution < -0.4 is 5.32 Å². The smallest absolute Gasteiger partial charge is 0.147 e. The molecule has 0 aliphatic rings. The van der Waals surface area contributed by atoms with E-state index in [-0.39, 0.29) is 0 Å². The van der Waals surface area contributed by atoms with Gasteiger partial charge in [-0.25, -0.2) is 8.42 Å². The molecule has 0 aromatic carbocycles. The van der Waals surface area contributed by atoms with E-state index in [4.69, 9.17) is 0 Å². The summed E-state index contributed by atoms with van der Waals surface area (Å²) in [5.41, 5.74) is 0. The van der Waals surface area contributed by atoms with Gasteiger partial charge in [0.15, 0.2) is 0 Å². The highest BCUT2D eigenvalue weighted by molar-refractivity contribution is 7.98. The number of sulfone groups is 1. The van der Waals surface area contributed by atoms with Crippen LogP contribution in [0.15, 0.2) is 0 Å². The molecule has 3 nitrogen and oxygen atoms in total. The quantitative estimate of drug-likeness (QED) is 0.581. The molecule has 0 aliphatic carbocycles. The summed E-state index contributed by atoms with van der Waals surface area (Å²) in [6.07, 6.45) is 9.27. The van der Waals surface area contributed by atoms with Crippen LogP contribution in [0.2, 0.25) is 0 Å². The summed E-state index contributed by atoms with van der Waals surface area (Å²) in [6.45, 7) is 1.83. The first-order valence-electron chi connectivity index (χ1n) is 5.93. The van der Waals surface area contributed by atoms with Crippen LogP contribution in [-0.2, 0) is 9.84 Å². The lowest BCUT2D eigenvalue weighted by atomic mass is 10.2. The van der Waals surface area contributed by atoms with E-state index < -0.39 is 9.84 Å². The third kappa shape index (κ3) is 14.3. The van der Waals surface area contributed by atoms with E-state index in [0.717, 1.165) is 19.5 Å². The second kappa shape index (κ2) is 10.4. The van der Waals surface area contributed by atoms with Gasteiger partial charge in [-0.15, -0.1) is 0 Å². The van der Waals surface area contributed by atoms with Crippen molar-refractivity contribution in [3.8, 4) is 0 Å². The number of hydrogen-bond acceptors (Lipinski definition) is 4. The van der Waals surface area contributed by atoms with E-state index >= 15 is 0 Å². The number of thioether (sulfide) groups is 1. The maximum Gasteiger partial charge on any atom is 0.147 e. The largest absolute Gasteiger partial charge is 0.317 e. The molecule has 16 heavy (non-hydrogen) atoms. The summed E-state index contributed by atoms with van der Waals surface area (Å²) < 4.78 is 21.7. The van der Waals surface area contributed by atoms with Crippen LogP contribution in [0.3, 0.4) is 0 Å². The van der Waals surface area contributed by atoms with Gasteiger partial charge in [-0.05, 0) is 44.4 Å². The van der Waals surface area contributed by atoms with Crippen molar-refractivity contribution in [2.24, 2.45) is 0 Å². The lowest BCUT2D eigenvalue weighted by molar-refractivity contribution is 0.582. The SMILES string of the molecule is CSCCCCCCNCCCS(C)(=O)=O. The highest BCUT2D eigenvalue weighted by Crippen LogP contribution is 2.03. The number of unbranched alkanes of at least 4 members (excludes halogenated alkanes) is 3. The molecule has 0 spiro atoms. The second-order valence-corrected chi connectivity index (χ2v) is 7.39. The standard InChI is InChI=1S/C11H25NO2S2/c1-15-10-6-4-3-5-8-12-9-7-11-16(2,13)14/h12H,3-11H2,1-2H3. The summed E-state index contributed by atoms with van der Waals surface area (Å²) in [5.74, 6) is 1.56. The molecule has 0 saturated heterocycles. The topological polar surface area (TPSA) is 46.2 Å². The van der Waals surface area contributed by atoms with Crippen molar-refractivity contribution in [1.29, 1.82) is 0 Å². The number of rotatable bonds is 11. The molecule has 0 rings (SSSR count). The van der Waals surface area contributed by atoms with Crippen molar-refractivity contribution in [1.82, 2.24) is 5.32 Å². The van der Waals surface area contributed by atoms with Crippen molar-refractivity contribution in [2.75, 3.05) is 37.1 Å². The van der Waals surface area contributed by atoms with Gasteiger partial charge in [0.25, 0.3) is 0 Å². The Morgan fingerprint density at radius 3 is 2.25 bits per heavy atom. The molecule has 0 aliphatic heterocycles. The lowest BCUT2D eigenvalue weighted by Crippen LogP contribution is -2.19. The van der Waals surface area contributed by atoms with Crippen molar-refractivity contribution in [3.63, 3.8) is 0 Å². The molecule has 0 aromatic heterocycles. The average Bonchev–Trinajstić information content (AvgIpc) is 2.19. The summed E-state index contributed by atoms with van der Waals surface area (Å²) >= 11 is 1.91. The van der Waals surface area contributed by atoms with E-state index in [1.807, 2.05) is 11.8 Å². The van der Waals surface area contributed by atoms with Crippen molar-refractivity contribution < 1.29 is 8.42 Å². The molecule has 0 bridgehead atoms. The minimum atomic E-state index is -2.77. The molecule has 0 aromatic rings. The minimum absolute atomic E-state index is 0.299. The Kier molecular flexibility index (Phi) is 10.6. The third-order valence-corrected chi connectivity index (χ3v) is 4.05. The minimum Gasteiger partial charge on any atom is -0.317 e. The lowest BCUT2D eigenvalue weighted by Gasteiger charge is -2.04. The summed E-state index contributed by atoms with van der Waals surface area (Å²) in [5, 5.41) is 3.28. The average molecular weight is 267 g/mol. The fourth-order valence-electron chi connectivity index (χ4n) is 1.43. The van der Waals surface area contributed by atoms with E-state index in [1.165, 1.54) is 37.7 Å². The van der Waals surface area contributed by atoms with E-state index in [1.54, 1.807) is 0 Å². The van der Waals surface area contributed by atoms with Gasteiger partial charge in [-0.2, -0.15) is 11.8 Å². The normalized spacial score (nSPS) is 11.9. The van der Waals surface area contributed by atoms with Gasteiger partial charge in [0.1, 0.15) is 9.84 Å². The highest BCUT2D eigenvalue weighted by Gasteiger charge is 2.00. The molecule has 0 unspecified atom stereocenters.